The lowest BCUT2D eigenvalue weighted by Crippen LogP contribution is -2.71. The normalized spacial score (nSPS) is 36.1. The molecular weight excluding hydrogens is 1050 g/mol. The van der Waals surface area contributed by atoms with Crippen LogP contribution in [-0.4, -0.2) is 257 Å². The molecule has 4 saturated heterocycles. The van der Waals surface area contributed by atoms with Crippen molar-refractivity contribution < 1.29 is 128 Å². The summed E-state index contributed by atoms with van der Waals surface area (Å²) in [7, 11) is 1.31. The van der Waals surface area contributed by atoms with E-state index in [1.165, 1.54) is 44.4 Å². The number of unbranched alkanes of at least 4 members (excludes halogenated alkanes) is 5. The largest absolute Gasteiger partial charge is 0.507 e. The standard InChI is InChI=1S/C49H73N3O26/c1-21-34(61)37(64)38(65)46(72-21)76-42-33(52-44(67)25-15-14-23-24(51-25)11-10-12-26(23)57)45(71-16-9-7-5-4-6-8-13-31(60)70-3)74-30(20-55)40(42)75-47-39(66)43(36(63)29(19-54)73-47)78-49(48(68)69)17-27(58)32(50-22(2)56)41(77-49)35(62)28(59)18-53/h10-12,14-15,21,27-30,32-43,45-47,53-55,57-59,61-66H,4-9,13,16-20H2,1-3H3,(H,50,56)(H,52,67)(H,68,69)/t21-,27-,28+,29+,30+,32+,33+,34+,35+,36-,37+,38-,39+,40+,41+,42+,43-,45+,46-,47+,49-/m0/s1. The third-order valence-electron chi connectivity index (χ3n) is 14.1. The number of nitrogens with one attached hydrogen (secondary N) is 2. The van der Waals surface area contributed by atoms with Gasteiger partial charge in [0.25, 0.3) is 11.7 Å². The molecule has 21 atom stereocenters. The Morgan fingerprint density at radius 2 is 1.41 bits per heavy atom. The van der Waals surface area contributed by atoms with Crippen LogP contribution in [0.25, 0.3) is 10.9 Å². The van der Waals surface area contributed by atoms with Crippen LogP contribution in [0.1, 0.15) is 75.7 Å². The Morgan fingerprint density at radius 3 is 2.06 bits per heavy atom. The van der Waals surface area contributed by atoms with E-state index in [-0.39, 0.29) is 36.0 Å². The number of phenols is 1. The molecule has 2 amide bonds. The zero-order chi connectivity index (χ0) is 57.2. The number of fused-ring (bicyclic) bond motifs is 1. The average Bonchev–Trinajstić information content (AvgIpc) is 3.50. The van der Waals surface area contributed by atoms with Crippen LogP contribution in [0.2, 0.25) is 0 Å². The van der Waals surface area contributed by atoms with E-state index in [4.69, 9.17) is 37.9 Å². The zero-order valence-corrected chi connectivity index (χ0v) is 43.0. The van der Waals surface area contributed by atoms with Gasteiger partial charge in [0.15, 0.2) is 18.9 Å². The first-order valence-electron chi connectivity index (χ1n) is 25.6. The monoisotopic (exact) mass is 1120 g/mol. The van der Waals surface area contributed by atoms with Crippen LogP contribution in [0, 0.1) is 0 Å². The number of esters is 1. The van der Waals surface area contributed by atoms with Gasteiger partial charge in [-0.2, -0.15) is 0 Å². The summed E-state index contributed by atoms with van der Waals surface area (Å²) in [6.07, 6.45) is -31.6. The second-order valence-corrected chi connectivity index (χ2v) is 19.6. The number of carboxylic acids is 1. The van der Waals surface area contributed by atoms with Crippen molar-refractivity contribution in [3.63, 3.8) is 0 Å². The Morgan fingerprint density at radius 1 is 0.756 bits per heavy atom. The van der Waals surface area contributed by atoms with E-state index in [0.717, 1.165) is 26.2 Å². The Balaban J connectivity index is 1.36. The number of rotatable bonds is 25. The number of nitrogens with zero attached hydrogens (tertiary/aromatic N) is 1. The molecule has 0 saturated carbocycles. The van der Waals surface area contributed by atoms with Crippen LogP contribution in [0.15, 0.2) is 30.3 Å². The first-order chi connectivity index (χ1) is 37.1. The maximum absolute atomic E-state index is 14.4. The molecule has 4 aliphatic rings. The van der Waals surface area contributed by atoms with Crippen LogP contribution in [0.4, 0.5) is 0 Å². The third-order valence-corrected chi connectivity index (χ3v) is 14.1. The number of aliphatic hydroxyl groups is 11. The second-order valence-electron chi connectivity index (χ2n) is 19.6. The number of hydrogen-bond donors (Lipinski definition) is 15. The summed E-state index contributed by atoms with van der Waals surface area (Å²) in [5.74, 6) is -7.38. The van der Waals surface area contributed by atoms with Crippen LogP contribution in [0.3, 0.4) is 0 Å². The molecule has 6 rings (SSSR count). The number of aliphatic hydroxyl groups excluding tert-OH is 11. The maximum atomic E-state index is 14.4. The van der Waals surface area contributed by atoms with Crippen LogP contribution >= 0.6 is 0 Å². The number of aromatic hydroxyl groups is 1. The fraction of sp³-hybridized carbons (Fsp3) is 0.735. The van der Waals surface area contributed by atoms with Gasteiger partial charge >= 0.3 is 11.9 Å². The molecule has 0 radical (unpaired) electrons. The number of ether oxygens (including phenoxy) is 9. The Hall–Kier alpha value is -4.45. The summed E-state index contributed by atoms with van der Waals surface area (Å²) in [5.41, 5.74) is -0.0196. The zero-order valence-electron chi connectivity index (χ0n) is 43.0. The van der Waals surface area contributed by atoms with Crippen molar-refractivity contribution >= 4 is 34.7 Å². The van der Waals surface area contributed by atoms with Gasteiger partial charge in [0.05, 0.1) is 50.7 Å². The Labute approximate surface area is 446 Å². The number of pyridine rings is 1. The molecule has 15 N–H and O–H groups in total. The fourth-order valence-corrected chi connectivity index (χ4v) is 9.75. The summed E-state index contributed by atoms with van der Waals surface area (Å²) in [4.78, 5) is 55.7. The smallest absolute Gasteiger partial charge is 0.364 e. The van der Waals surface area contributed by atoms with Gasteiger partial charge in [-0.25, -0.2) is 9.78 Å². The van der Waals surface area contributed by atoms with Crippen molar-refractivity contribution in [3.8, 4) is 5.75 Å². The maximum Gasteiger partial charge on any atom is 0.364 e. The average molecular weight is 1120 g/mol. The molecule has 0 bridgehead atoms. The van der Waals surface area contributed by atoms with E-state index < -0.39 is 172 Å². The molecule has 0 unspecified atom stereocenters. The second kappa shape index (κ2) is 28.3. The number of hydrogen-bond acceptors (Lipinski definition) is 26. The van der Waals surface area contributed by atoms with Crippen molar-refractivity contribution in [2.24, 2.45) is 0 Å². The SMILES string of the molecule is COC(=O)CCCCCCCCO[C@@H]1O[C@H](CO)[C@@H](O[C@H]2O[C@H](CO)[C@H](O)[C@H](O[C@]3(C(=O)O)C[C@H](O)[C@@H](NC(C)=O)[C@H]([C@H](O)[C@H](O)CO)O3)[C@H]2O)[C@H](O[C@@H]2O[C@@H](C)[C@@H](O)[C@@H](O)[C@@H]2O)[C@H]1NC(=O)c1ccc2c(O)cccc2n1. The van der Waals surface area contributed by atoms with Gasteiger partial charge in [0.2, 0.25) is 5.91 Å². The van der Waals surface area contributed by atoms with E-state index in [1.807, 2.05) is 0 Å². The van der Waals surface area contributed by atoms with Crippen molar-refractivity contribution in [1.29, 1.82) is 0 Å². The number of phenolic OH excluding ortho intramolecular Hbond substituents is 1. The number of methoxy groups -OCH3 is 1. The fourth-order valence-electron chi connectivity index (χ4n) is 9.75. The predicted molar refractivity (Wildman–Crippen MR) is 258 cm³/mol. The lowest BCUT2D eigenvalue weighted by Gasteiger charge is -2.51. The summed E-state index contributed by atoms with van der Waals surface area (Å²) in [6, 6.07) is 3.89. The van der Waals surface area contributed by atoms with Gasteiger partial charge in [-0.1, -0.05) is 31.7 Å². The molecule has 1 aromatic heterocycles. The predicted octanol–water partition coefficient (Wildman–Crippen LogP) is -4.75. The number of aromatic nitrogens is 1. The number of carbonyl (C=O) groups is 4. The highest BCUT2D eigenvalue weighted by Gasteiger charge is 2.61. The van der Waals surface area contributed by atoms with E-state index in [9.17, 15) is 85.6 Å². The van der Waals surface area contributed by atoms with Gasteiger partial charge in [0, 0.05) is 31.8 Å². The number of carbonyl (C=O) groups excluding carboxylic acids is 3. The molecule has 0 aliphatic carbocycles. The summed E-state index contributed by atoms with van der Waals surface area (Å²) >= 11 is 0. The van der Waals surface area contributed by atoms with Crippen molar-refractivity contribution in [3.05, 3.63) is 36.0 Å². The lowest BCUT2D eigenvalue weighted by atomic mass is 9.88. The highest BCUT2D eigenvalue weighted by molar-refractivity contribution is 5.96. The van der Waals surface area contributed by atoms with E-state index >= 15 is 0 Å². The van der Waals surface area contributed by atoms with E-state index in [1.54, 1.807) is 0 Å². The minimum atomic E-state index is -3.17. The first-order valence-corrected chi connectivity index (χ1v) is 25.6. The molecule has 78 heavy (non-hydrogen) atoms. The van der Waals surface area contributed by atoms with Crippen molar-refractivity contribution in [2.75, 3.05) is 33.5 Å². The molecule has 2 aromatic rings. The van der Waals surface area contributed by atoms with Crippen molar-refractivity contribution in [1.82, 2.24) is 15.6 Å². The number of amides is 2. The molecule has 29 heteroatoms. The summed E-state index contributed by atoms with van der Waals surface area (Å²) in [5, 5.41) is 147. The van der Waals surface area contributed by atoms with E-state index in [0.29, 0.717) is 24.6 Å². The molecule has 5 heterocycles. The molecular formula is C49H73N3O26. The molecule has 4 fully saturated rings. The summed E-state index contributed by atoms with van der Waals surface area (Å²) in [6.45, 7) is -0.845. The topological polar surface area (TPSA) is 451 Å². The third kappa shape index (κ3) is 14.7. The van der Waals surface area contributed by atoms with Crippen LogP contribution < -0.4 is 10.6 Å². The molecule has 29 nitrogen and oxygen atoms in total. The minimum absolute atomic E-state index is 0.0440. The van der Waals surface area contributed by atoms with Gasteiger partial charge in [-0.3, -0.25) is 14.4 Å². The highest BCUT2D eigenvalue weighted by atomic mass is 16.8. The van der Waals surface area contributed by atoms with Gasteiger partial charge in [-0.05, 0) is 44.0 Å². The molecule has 440 valence electrons. The number of benzene rings is 1. The quantitative estimate of drug-likeness (QED) is 0.0328. The van der Waals surface area contributed by atoms with Crippen molar-refractivity contribution in [2.45, 2.75) is 194 Å². The lowest BCUT2D eigenvalue weighted by molar-refractivity contribution is -0.391. The number of aliphatic carboxylic acids is 1. The van der Waals surface area contributed by atoms with Gasteiger partial charge in [0.1, 0.15) is 96.8 Å². The van der Waals surface area contributed by atoms with Gasteiger partial charge in [-0.15, -0.1) is 0 Å². The van der Waals surface area contributed by atoms with Crippen LogP contribution in [-0.2, 0) is 57.0 Å². The Kier molecular flexibility index (Phi) is 22.8. The molecule has 4 aliphatic heterocycles. The Bertz CT molecular complexity index is 2290. The first kappa shape index (κ1) is 62.7. The minimum Gasteiger partial charge on any atom is -0.507 e. The number of carboxylic acid groups (broad SMARTS) is 1. The van der Waals surface area contributed by atoms with E-state index in [2.05, 4.69) is 20.4 Å². The van der Waals surface area contributed by atoms with Crippen LogP contribution in [0.5, 0.6) is 5.75 Å². The molecule has 1 aromatic carbocycles. The summed E-state index contributed by atoms with van der Waals surface area (Å²) < 4.78 is 53.1. The molecule has 0 spiro atoms. The highest BCUT2D eigenvalue weighted by Crippen LogP contribution is 2.39. The van der Waals surface area contributed by atoms with Gasteiger partial charge < -0.3 is 120 Å².